The molecule has 4 heteroatoms. The first-order valence-electron chi connectivity index (χ1n) is 8.24. The monoisotopic (exact) mass is 284 g/mol. The Morgan fingerprint density at radius 3 is 2.50 bits per heavy atom. The number of nitrogens with zero attached hydrogens (tertiary/aromatic N) is 1. The molecule has 0 aliphatic carbocycles. The van der Waals surface area contributed by atoms with Crippen LogP contribution >= 0.6 is 0 Å². The molecule has 1 heterocycles. The highest BCUT2D eigenvalue weighted by atomic mass is 16.5. The number of nitrogens with two attached hydrogens (primary N) is 1. The zero-order valence-electron chi connectivity index (χ0n) is 13.5. The van der Waals surface area contributed by atoms with Crippen LogP contribution in [0.2, 0.25) is 0 Å². The first-order valence-corrected chi connectivity index (χ1v) is 8.24. The van der Waals surface area contributed by atoms with Gasteiger partial charge in [0.25, 0.3) is 0 Å². The number of hydrogen-bond donors (Lipinski definition) is 1. The van der Waals surface area contributed by atoms with Crippen LogP contribution in [-0.2, 0) is 9.53 Å². The van der Waals surface area contributed by atoms with E-state index in [4.69, 9.17) is 10.5 Å². The smallest absolute Gasteiger partial charge is 0.230 e. The second-order valence-corrected chi connectivity index (χ2v) is 5.91. The van der Waals surface area contributed by atoms with Crippen LogP contribution in [0.1, 0.15) is 59.3 Å². The zero-order valence-corrected chi connectivity index (χ0v) is 13.5. The molecule has 0 bridgehead atoms. The molecule has 1 atom stereocenters. The predicted octanol–water partition coefficient (Wildman–Crippen LogP) is 2.56. The fraction of sp³-hybridized carbons (Fsp3) is 0.938. The molecule has 0 radical (unpaired) electrons. The van der Waals surface area contributed by atoms with E-state index in [1.54, 1.807) is 0 Å². The summed E-state index contributed by atoms with van der Waals surface area (Å²) in [6.45, 7) is 9.21. The molecule has 0 saturated carbocycles. The summed E-state index contributed by atoms with van der Waals surface area (Å²) in [5, 5.41) is 0. The molecule has 1 rings (SSSR count). The summed E-state index contributed by atoms with van der Waals surface area (Å²) in [7, 11) is 0. The molecule has 118 valence electrons. The molecule has 1 aliphatic heterocycles. The van der Waals surface area contributed by atoms with Crippen molar-refractivity contribution in [2.75, 3.05) is 26.2 Å². The highest BCUT2D eigenvalue weighted by Gasteiger charge is 2.37. The third-order valence-corrected chi connectivity index (χ3v) is 4.72. The van der Waals surface area contributed by atoms with Crippen LogP contribution in [0.15, 0.2) is 0 Å². The number of hydrogen-bond acceptors (Lipinski definition) is 3. The third-order valence-electron chi connectivity index (χ3n) is 4.72. The molecular formula is C16H32N2O2. The van der Waals surface area contributed by atoms with E-state index in [1.807, 2.05) is 4.90 Å². The molecule has 1 amide bonds. The summed E-state index contributed by atoms with van der Waals surface area (Å²) in [5.41, 5.74) is 5.54. The van der Waals surface area contributed by atoms with Crippen LogP contribution in [0, 0.1) is 5.41 Å². The Bertz CT molecular complexity index is 282. The van der Waals surface area contributed by atoms with Gasteiger partial charge in [-0.1, -0.05) is 20.8 Å². The lowest BCUT2D eigenvalue weighted by Gasteiger charge is -2.34. The third kappa shape index (κ3) is 4.19. The van der Waals surface area contributed by atoms with Gasteiger partial charge >= 0.3 is 0 Å². The van der Waals surface area contributed by atoms with Crippen LogP contribution in [0.25, 0.3) is 0 Å². The fourth-order valence-corrected chi connectivity index (χ4v) is 2.98. The van der Waals surface area contributed by atoms with Gasteiger partial charge in [0.15, 0.2) is 0 Å². The van der Waals surface area contributed by atoms with Gasteiger partial charge < -0.3 is 15.4 Å². The highest BCUT2D eigenvalue weighted by Crippen LogP contribution is 2.29. The summed E-state index contributed by atoms with van der Waals surface area (Å²) in [6, 6.07) is 0. The van der Waals surface area contributed by atoms with E-state index >= 15 is 0 Å². The first-order chi connectivity index (χ1) is 9.63. The van der Waals surface area contributed by atoms with Crippen molar-refractivity contribution in [1.82, 2.24) is 4.90 Å². The Balaban J connectivity index is 2.61. The van der Waals surface area contributed by atoms with Gasteiger partial charge in [0.2, 0.25) is 5.91 Å². The quantitative estimate of drug-likeness (QED) is 0.781. The van der Waals surface area contributed by atoms with Crippen molar-refractivity contribution < 1.29 is 9.53 Å². The largest absolute Gasteiger partial charge is 0.378 e. The number of amides is 1. The fourth-order valence-electron chi connectivity index (χ4n) is 2.98. The Kier molecular flexibility index (Phi) is 7.52. The molecule has 20 heavy (non-hydrogen) atoms. The molecule has 0 aromatic rings. The SMILES string of the molecule is CCCOC1CCCN(C(=O)C(CC)(CC)CN)CC1. The van der Waals surface area contributed by atoms with E-state index in [9.17, 15) is 4.79 Å². The maximum absolute atomic E-state index is 12.8. The van der Waals surface area contributed by atoms with Gasteiger partial charge in [-0.3, -0.25) is 4.79 Å². The lowest BCUT2D eigenvalue weighted by atomic mass is 9.81. The maximum atomic E-state index is 12.8. The van der Waals surface area contributed by atoms with Crippen LogP contribution < -0.4 is 5.73 Å². The van der Waals surface area contributed by atoms with Crippen molar-refractivity contribution in [2.45, 2.75) is 65.4 Å². The van der Waals surface area contributed by atoms with Gasteiger partial charge in [-0.05, 0) is 38.5 Å². The standard InChI is InChI=1S/C16H32N2O2/c1-4-12-20-14-8-7-10-18(11-9-14)15(19)16(5-2,6-3)13-17/h14H,4-13,17H2,1-3H3. The summed E-state index contributed by atoms with van der Waals surface area (Å²) in [4.78, 5) is 14.8. The van der Waals surface area contributed by atoms with E-state index in [0.29, 0.717) is 12.6 Å². The van der Waals surface area contributed by atoms with Crippen LogP contribution in [0.5, 0.6) is 0 Å². The molecule has 2 N–H and O–H groups in total. The summed E-state index contributed by atoms with van der Waals surface area (Å²) in [5.74, 6) is 0.251. The Morgan fingerprint density at radius 1 is 1.25 bits per heavy atom. The molecule has 1 unspecified atom stereocenters. The summed E-state index contributed by atoms with van der Waals surface area (Å²) < 4.78 is 5.84. The number of carbonyl (C=O) groups is 1. The van der Waals surface area contributed by atoms with Gasteiger partial charge in [-0.15, -0.1) is 0 Å². The van der Waals surface area contributed by atoms with E-state index in [1.165, 1.54) is 0 Å². The summed E-state index contributed by atoms with van der Waals surface area (Å²) in [6.07, 6.45) is 6.09. The number of ether oxygens (including phenoxy) is 1. The Hall–Kier alpha value is -0.610. The molecule has 0 aromatic heterocycles. The molecule has 1 fully saturated rings. The van der Waals surface area contributed by atoms with Gasteiger partial charge in [0, 0.05) is 26.2 Å². The van der Waals surface area contributed by atoms with Crippen molar-refractivity contribution in [3.8, 4) is 0 Å². The summed E-state index contributed by atoms with van der Waals surface area (Å²) >= 11 is 0. The number of likely N-dealkylation sites (tertiary alicyclic amines) is 1. The average Bonchev–Trinajstić information content (AvgIpc) is 2.73. The topological polar surface area (TPSA) is 55.6 Å². The van der Waals surface area contributed by atoms with Crippen molar-refractivity contribution in [1.29, 1.82) is 0 Å². The lowest BCUT2D eigenvalue weighted by Crippen LogP contribution is -2.48. The Morgan fingerprint density at radius 2 is 1.95 bits per heavy atom. The Labute approximate surface area is 124 Å². The molecule has 4 nitrogen and oxygen atoms in total. The van der Waals surface area contributed by atoms with E-state index in [-0.39, 0.29) is 11.3 Å². The minimum absolute atomic E-state index is 0.251. The average molecular weight is 284 g/mol. The number of rotatable bonds is 7. The molecule has 0 spiro atoms. The highest BCUT2D eigenvalue weighted by molar-refractivity contribution is 5.83. The van der Waals surface area contributed by atoms with Crippen LogP contribution in [-0.4, -0.2) is 43.2 Å². The predicted molar refractivity (Wildman–Crippen MR) is 82.5 cm³/mol. The van der Waals surface area contributed by atoms with Crippen LogP contribution in [0.4, 0.5) is 0 Å². The molecule has 0 aromatic carbocycles. The van der Waals surface area contributed by atoms with Crippen LogP contribution in [0.3, 0.4) is 0 Å². The first kappa shape index (κ1) is 17.4. The van der Waals surface area contributed by atoms with Gasteiger partial charge in [-0.2, -0.15) is 0 Å². The van der Waals surface area contributed by atoms with Crippen molar-refractivity contribution >= 4 is 5.91 Å². The van der Waals surface area contributed by atoms with E-state index in [0.717, 1.165) is 58.2 Å². The van der Waals surface area contributed by atoms with Gasteiger partial charge in [0.1, 0.15) is 0 Å². The van der Waals surface area contributed by atoms with Crippen molar-refractivity contribution in [3.05, 3.63) is 0 Å². The number of carbonyl (C=O) groups excluding carboxylic acids is 1. The molecular weight excluding hydrogens is 252 g/mol. The maximum Gasteiger partial charge on any atom is 0.230 e. The zero-order chi connectivity index (χ0) is 15.0. The van der Waals surface area contributed by atoms with Crippen molar-refractivity contribution in [3.63, 3.8) is 0 Å². The van der Waals surface area contributed by atoms with Crippen molar-refractivity contribution in [2.24, 2.45) is 11.1 Å². The van der Waals surface area contributed by atoms with Gasteiger partial charge in [0.05, 0.1) is 11.5 Å². The molecule has 1 aliphatic rings. The minimum Gasteiger partial charge on any atom is -0.378 e. The minimum atomic E-state index is -0.357. The van der Waals surface area contributed by atoms with E-state index in [2.05, 4.69) is 20.8 Å². The lowest BCUT2D eigenvalue weighted by molar-refractivity contribution is -0.142. The normalized spacial score (nSPS) is 20.8. The second kappa shape index (κ2) is 8.63. The molecule has 1 saturated heterocycles. The van der Waals surface area contributed by atoms with Gasteiger partial charge in [-0.25, -0.2) is 0 Å². The second-order valence-electron chi connectivity index (χ2n) is 5.91. The van der Waals surface area contributed by atoms with E-state index < -0.39 is 0 Å².